The summed E-state index contributed by atoms with van der Waals surface area (Å²) in [6.45, 7) is 17.9. The van der Waals surface area contributed by atoms with E-state index in [0.29, 0.717) is 0 Å². The van der Waals surface area contributed by atoms with Gasteiger partial charge in [0.2, 0.25) is 0 Å². The third kappa shape index (κ3) is 11.0. The lowest BCUT2D eigenvalue weighted by Crippen LogP contribution is -1.75. The molecule has 0 fully saturated rings. The summed E-state index contributed by atoms with van der Waals surface area (Å²) in [4.78, 5) is 0. The van der Waals surface area contributed by atoms with Crippen molar-refractivity contribution in [3.8, 4) is 0 Å². The molecule has 0 rings (SSSR count). The van der Waals surface area contributed by atoms with Crippen molar-refractivity contribution in [2.24, 2.45) is 0 Å². The number of rotatable bonds is 5. The fraction of sp³-hybridized carbons (Fsp3) is 0.500. The van der Waals surface area contributed by atoms with Gasteiger partial charge in [-0.2, -0.15) is 0 Å². The molecular weight excluding hydrogens is 192 g/mol. The highest BCUT2D eigenvalue weighted by atomic mass is 13.9. The minimum Gasteiger partial charge on any atom is -0.103 e. The first kappa shape index (κ1) is 17.4. The number of hydrogen-bond donors (Lipinski definition) is 0. The maximum atomic E-state index is 3.66. The second kappa shape index (κ2) is 12.0. The van der Waals surface area contributed by atoms with Gasteiger partial charge in [0.1, 0.15) is 0 Å². The minimum absolute atomic E-state index is 1.03. The fourth-order valence-electron chi connectivity index (χ4n) is 1.07. The monoisotopic (exact) mass is 220 g/mol. The molecule has 0 atom stereocenters. The van der Waals surface area contributed by atoms with Crippen molar-refractivity contribution in [2.75, 3.05) is 0 Å². The summed E-state index contributed by atoms with van der Waals surface area (Å²) >= 11 is 0. The summed E-state index contributed by atoms with van der Waals surface area (Å²) in [5.74, 6) is 0. The first-order valence-corrected chi connectivity index (χ1v) is 6.02. The Balaban J connectivity index is 0. The van der Waals surface area contributed by atoms with Crippen molar-refractivity contribution < 1.29 is 0 Å². The number of allylic oxidation sites excluding steroid dienone is 6. The van der Waals surface area contributed by atoms with E-state index in [-0.39, 0.29) is 0 Å². The van der Waals surface area contributed by atoms with Crippen LogP contribution < -0.4 is 0 Å². The lowest BCUT2D eigenvalue weighted by molar-refractivity contribution is 1.03. The Bertz CT molecular complexity index is 247. The summed E-state index contributed by atoms with van der Waals surface area (Å²) < 4.78 is 0. The minimum atomic E-state index is 1.03. The van der Waals surface area contributed by atoms with E-state index in [2.05, 4.69) is 53.9 Å². The predicted octanol–water partition coefficient (Wildman–Crippen LogP) is 5.84. The second-order valence-electron chi connectivity index (χ2n) is 4.07. The lowest BCUT2D eigenvalue weighted by atomic mass is 10.1. The van der Waals surface area contributed by atoms with Crippen LogP contribution in [0.5, 0.6) is 0 Å². The van der Waals surface area contributed by atoms with Crippen LogP contribution in [0.25, 0.3) is 0 Å². The van der Waals surface area contributed by atoms with E-state index < -0.39 is 0 Å². The van der Waals surface area contributed by atoms with Crippen LogP contribution in [0, 0.1) is 0 Å². The molecule has 0 aromatic carbocycles. The SMILES string of the molecule is C=CC/C(=C/C)CC.C=CCC(C)=C(C)C. The van der Waals surface area contributed by atoms with Gasteiger partial charge in [-0.15, -0.1) is 13.2 Å². The van der Waals surface area contributed by atoms with Crippen LogP contribution in [-0.4, -0.2) is 0 Å². The van der Waals surface area contributed by atoms with Crippen LogP contribution in [0.1, 0.15) is 53.9 Å². The van der Waals surface area contributed by atoms with Crippen molar-refractivity contribution in [1.29, 1.82) is 0 Å². The standard InChI is InChI=1S/2C8H14/c1-5-6-8(4)7(2)3;1-4-7-8(5-2)6-3/h5H,1,6H2,2-4H3;4-5H,1,6-7H2,2-3H3/b;8-5+. The van der Waals surface area contributed by atoms with E-state index in [9.17, 15) is 0 Å². The van der Waals surface area contributed by atoms with Crippen LogP contribution >= 0.6 is 0 Å². The fourth-order valence-corrected chi connectivity index (χ4v) is 1.07. The molecule has 0 spiro atoms. The van der Waals surface area contributed by atoms with Gasteiger partial charge in [-0.1, -0.05) is 41.9 Å². The summed E-state index contributed by atoms with van der Waals surface area (Å²) in [6.07, 6.45) is 9.26. The molecule has 0 amide bonds. The van der Waals surface area contributed by atoms with Crippen LogP contribution in [-0.2, 0) is 0 Å². The molecule has 0 aromatic heterocycles. The van der Waals surface area contributed by atoms with Gasteiger partial charge >= 0.3 is 0 Å². The van der Waals surface area contributed by atoms with Crippen molar-refractivity contribution in [1.82, 2.24) is 0 Å². The van der Waals surface area contributed by atoms with Gasteiger partial charge in [0.05, 0.1) is 0 Å². The van der Waals surface area contributed by atoms with Gasteiger partial charge in [0, 0.05) is 0 Å². The van der Waals surface area contributed by atoms with E-state index in [4.69, 9.17) is 0 Å². The smallest absolute Gasteiger partial charge is 0.0142 e. The maximum Gasteiger partial charge on any atom is -0.0142 e. The van der Waals surface area contributed by atoms with Crippen LogP contribution in [0.3, 0.4) is 0 Å². The molecule has 0 saturated carbocycles. The normalized spacial score (nSPS) is 9.94. The largest absolute Gasteiger partial charge is 0.103 e. The molecule has 0 aromatic rings. The first-order valence-electron chi connectivity index (χ1n) is 6.02. The third-order valence-electron chi connectivity index (χ3n) is 2.57. The Morgan fingerprint density at radius 3 is 1.62 bits per heavy atom. The highest BCUT2D eigenvalue weighted by Crippen LogP contribution is 2.06. The van der Waals surface area contributed by atoms with Crippen molar-refractivity contribution in [2.45, 2.75) is 53.9 Å². The molecule has 0 aliphatic rings. The van der Waals surface area contributed by atoms with E-state index in [1.807, 2.05) is 12.2 Å². The highest BCUT2D eigenvalue weighted by Gasteiger charge is 1.85. The van der Waals surface area contributed by atoms with Crippen molar-refractivity contribution in [3.05, 3.63) is 48.1 Å². The molecule has 92 valence electrons. The van der Waals surface area contributed by atoms with Crippen LogP contribution in [0.2, 0.25) is 0 Å². The van der Waals surface area contributed by atoms with Crippen molar-refractivity contribution >= 4 is 0 Å². The van der Waals surface area contributed by atoms with E-state index in [0.717, 1.165) is 19.3 Å². The van der Waals surface area contributed by atoms with E-state index in [1.54, 1.807) is 0 Å². The van der Waals surface area contributed by atoms with Crippen LogP contribution in [0.4, 0.5) is 0 Å². The molecule has 0 aliphatic carbocycles. The average molecular weight is 220 g/mol. The average Bonchev–Trinajstić information content (AvgIpc) is 2.27. The van der Waals surface area contributed by atoms with E-state index in [1.165, 1.54) is 16.7 Å². The Hall–Kier alpha value is -1.04. The zero-order valence-corrected chi connectivity index (χ0v) is 11.8. The Morgan fingerprint density at radius 1 is 1.00 bits per heavy atom. The molecule has 0 heterocycles. The van der Waals surface area contributed by atoms with E-state index >= 15 is 0 Å². The molecule has 0 radical (unpaired) electrons. The molecule has 0 heteroatoms. The summed E-state index contributed by atoms with van der Waals surface area (Å²) in [7, 11) is 0. The first-order chi connectivity index (χ1) is 7.53. The van der Waals surface area contributed by atoms with Gasteiger partial charge in [-0.05, 0) is 47.0 Å². The molecular formula is C16H28. The quantitative estimate of drug-likeness (QED) is 0.511. The van der Waals surface area contributed by atoms with Crippen LogP contribution in [0.15, 0.2) is 48.1 Å². The van der Waals surface area contributed by atoms with Gasteiger partial charge < -0.3 is 0 Å². The lowest BCUT2D eigenvalue weighted by Gasteiger charge is -1.95. The van der Waals surface area contributed by atoms with Crippen molar-refractivity contribution in [3.63, 3.8) is 0 Å². The van der Waals surface area contributed by atoms with Gasteiger partial charge in [-0.25, -0.2) is 0 Å². The molecule has 16 heavy (non-hydrogen) atoms. The summed E-state index contributed by atoms with van der Waals surface area (Å²) in [6, 6.07) is 0. The maximum absolute atomic E-state index is 3.66. The zero-order valence-electron chi connectivity index (χ0n) is 11.8. The third-order valence-corrected chi connectivity index (χ3v) is 2.57. The van der Waals surface area contributed by atoms with Gasteiger partial charge in [-0.3, -0.25) is 0 Å². The zero-order chi connectivity index (χ0) is 13.0. The highest BCUT2D eigenvalue weighted by molar-refractivity contribution is 5.09. The molecule has 0 nitrogen and oxygen atoms in total. The predicted molar refractivity (Wildman–Crippen MR) is 77.7 cm³/mol. The van der Waals surface area contributed by atoms with Gasteiger partial charge in [0.25, 0.3) is 0 Å². The topological polar surface area (TPSA) is 0 Å². The molecule has 0 unspecified atom stereocenters. The summed E-state index contributed by atoms with van der Waals surface area (Å²) in [5.41, 5.74) is 4.31. The Kier molecular flexibility index (Phi) is 13.1. The number of hydrogen-bond acceptors (Lipinski definition) is 0. The summed E-state index contributed by atoms with van der Waals surface area (Å²) in [5, 5.41) is 0. The Morgan fingerprint density at radius 2 is 1.50 bits per heavy atom. The van der Waals surface area contributed by atoms with Gasteiger partial charge in [0.15, 0.2) is 0 Å². The molecule has 0 aliphatic heterocycles. The molecule has 0 N–H and O–H groups in total. The molecule has 0 saturated heterocycles. The Labute approximate surface area is 102 Å². The molecule has 0 bridgehead atoms. The second-order valence-corrected chi connectivity index (χ2v) is 4.07.